The molecule has 1 aromatic heterocycles. The van der Waals surface area contributed by atoms with Crippen molar-refractivity contribution in [2.45, 2.75) is 12.5 Å². The van der Waals surface area contributed by atoms with E-state index < -0.39 is 10.2 Å². The number of nitrogens with zero attached hydrogens (tertiary/aromatic N) is 2. The molecule has 2 heterocycles. The van der Waals surface area contributed by atoms with Crippen LogP contribution in [0.15, 0.2) is 36.5 Å². The summed E-state index contributed by atoms with van der Waals surface area (Å²) >= 11 is 0. The van der Waals surface area contributed by atoms with Crippen molar-refractivity contribution < 1.29 is 13.2 Å². The third-order valence-corrected chi connectivity index (χ3v) is 5.76. The van der Waals surface area contributed by atoms with Gasteiger partial charge in [0.2, 0.25) is 0 Å². The van der Waals surface area contributed by atoms with Gasteiger partial charge in [-0.1, -0.05) is 18.2 Å². The van der Waals surface area contributed by atoms with Gasteiger partial charge in [0.1, 0.15) is 0 Å². The second kappa shape index (κ2) is 6.52. The minimum Gasteiger partial charge on any atom is -0.379 e. The zero-order valence-electron chi connectivity index (χ0n) is 13.3. The Morgan fingerprint density at radius 3 is 2.83 bits per heavy atom. The van der Waals surface area contributed by atoms with Gasteiger partial charge in [-0.15, -0.1) is 0 Å². The fraction of sp³-hybridized carbons (Fsp3) is 0.438. The van der Waals surface area contributed by atoms with E-state index in [-0.39, 0.29) is 12.0 Å². The summed E-state index contributed by atoms with van der Waals surface area (Å²) in [5, 5.41) is 1.11. The molecule has 0 aliphatic carbocycles. The molecule has 124 valence electrons. The fourth-order valence-corrected chi connectivity index (χ4v) is 3.70. The molecule has 2 aromatic rings. The van der Waals surface area contributed by atoms with Crippen molar-refractivity contribution in [2.24, 2.45) is 5.92 Å². The normalized spacial score (nSPS) is 22.0. The Morgan fingerprint density at radius 1 is 1.26 bits per heavy atom. The smallest absolute Gasteiger partial charge is 0.279 e. The maximum atomic E-state index is 12.0. The second-order valence-corrected chi connectivity index (χ2v) is 7.92. The lowest BCUT2D eigenvalue weighted by atomic mass is 9.93. The molecule has 7 heteroatoms. The molecule has 0 saturated carbocycles. The molecule has 2 atom stereocenters. The third-order valence-electron chi connectivity index (χ3n) is 4.20. The predicted octanol–water partition coefficient (Wildman–Crippen LogP) is 1.19. The Labute approximate surface area is 136 Å². The molecule has 1 N–H and O–H groups in total. The van der Waals surface area contributed by atoms with Crippen molar-refractivity contribution >= 4 is 21.1 Å². The monoisotopic (exact) mass is 335 g/mol. The molecule has 1 aromatic carbocycles. The average Bonchev–Trinajstić information content (AvgIpc) is 2.94. The van der Waals surface area contributed by atoms with Crippen molar-refractivity contribution in [3.63, 3.8) is 0 Å². The van der Waals surface area contributed by atoms with E-state index >= 15 is 0 Å². The van der Waals surface area contributed by atoms with Crippen molar-refractivity contribution in [2.75, 3.05) is 27.3 Å². The lowest BCUT2D eigenvalue weighted by Gasteiger charge is -2.21. The van der Waals surface area contributed by atoms with Gasteiger partial charge in [0.05, 0.1) is 24.8 Å². The maximum absolute atomic E-state index is 12.0. The molecule has 0 amide bonds. The van der Waals surface area contributed by atoms with Crippen LogP contribution in [0.3, 0.4) is 0 Å². The van der Waals surface area contributed by atoms with Crippen LogP contribution in [0.4, 0.5) is 0 Å². The van der Waals surface area contributed by atoms with Gasteiger partial charge in [-0.05, 0) is 24.1 Å². The largest absolute Gasteiger partial charge is 0.379 e. The molecule has 0 radical (unpaired) electrons. The zero-order chi connectivity index (χ0) is 16.4. The molecular formula is C16H21N3O3S. The van der Waals surface area contributed by atoms with Gasteiger partial charge in [0.15, 0.2) is 0 Å². The molecule has 0 spiro atoms. The quantitative estimate of drug-likeness (QED) is 0.891. The summed E-state index contributed by atoms with van der Waals surface area (Å²) in [6.07, 6.45) is 2.55. The van der Waals surface area contributed by atoms with Crippen LogP contribution < -0.4 is 4.72 Å². The van der Waals surface area contributed by atoms with Crippen LogP contribution in [0.25, 0.3) is 10.9 Å². The van der Waals surface area contributed by atoms with Gasteiger partial charge in [-0.25, -0.2) is 0 Å². The summed E-state index contributed by atoms with van der Waals surface area (Å²) in [6, 6.07) is 9.77. The number of aromatic nitrogens is 1. The average molecular weight is 335 g/mol. The number of fused-ring (bicyclic) bond motifs is 1. The highest BCUT2D eigenvalue weighted by atomic mass is 32.2. The summed E-state index contributed by atoms with van der Waals surface area (Å²) in [5.41, 5.74) is 2.12. The molecule has 3 rings (SSSR count). The number of benzene rings is 1. The molecule has 0 bridgehead atoms. The first-order chi connectivity index (χ1) is 11.0. The predicted molar refractivity (Wildman–Crippen MR) is 89.3 cm³/mol. The molecule has 23 heavy (non-hydrogen) atoms. The van der Waals surface area contributed by atoms with Crippen LogP contribution >= 0.6 is 0 Å². The summed E-state index contributed by atoms with van der Waals surface area (Å²) < 4.78 is 33.5. The van der Waals surface area contributed by atoms with Gasteiger partial charge < -0.3 is 4.74 Å². The molecule has 1 saturated heterocycles. The molecule has 0 unspecified atom stereocenters. The number of pyridine rings is 1. The Morgan fingerprint density at radius 2 is 2.04 bits per heavy atom. The maximum Gasteiger partial charge on any atom is 0.279 e. The van der Waals surface area contributed by atoms with Crippen LogP contribution in [0.1, 0.15) is 5.56 Å². The summed E-state index contributed by atoms with van der Waals surface area (Å²) in [7, 11) is -0.424. The minimum absolute atomic E-state index is 0.107. The van der Waals surface area contributed by atoms with E-state index in [2.05, 4.69) is 9.71 Å². The Bertz CT molecular complexity index is 787. The van der Waals surface area contributed by atoms with E-state index in [0.29, 0.717) is 13.2 Å². The third kappa shape index (κ3) is 3.53. The van der Waals surface area contributed by atoms with Crippen molar-refractivity contribution in [3.8, 4) is 0 Å². The first-order valence-corrected chi connectivity index (χ1v) is 9.01. The molecule has 1 fully saturated rings. The Hall–Kier alpha value is -1.54. The standard InChI is InChI=1S/C16H21N3O3S/c1-19(2)23(20,21)18-16-11-22-10-13(16)9-12-7-8-17-15-6-4-3-5-14(12)15/h3-8,13,16,18H,9-11H2,1-2H3/t13-,16+/m1/s1. The van der Waals surface area contributed by atoms with Crippen LogP contribution in [0.2, 0.25) is 0 Å². The minimum atomic E-state index is -3.46. The summed E-state index contributed by atoms with van der Waals surface area (Å²) in [4.78, 5) is 4.37. The highest BCUT2D eigenvalue weighted by Gasteiger charge is 2.32. The first kappa shape index (κ1) is 16.3. The lowest BCUT2D eigenvalue weighted by molar-refractivity contribution is 0.183. The Kier molecular flexibility index (Phi) is 4.63. The van der Waals surface area contributed by atoms with E-state index in [1.807, 2.05) is 30.3 Å². The molecule has 6 nitrogen and oxygen atoms in total. The van der Waals surface area contributed by atoms with E-state index in [1.54, 1.807) is 6.20 Å². The second-order valence-electron chi connectivity index (χ2n) is 6.00. The Balaban J connectivity index is 1.81. The summed E-state index contributed by atoms with van der Waals surface area (Å²) in [5.74, 6) is 0.107. The number of ether oxygens (including phenoxy) is 1. The van der Waals surface area contributed by atoms with Crippen LogP contribution in [-0.2, 0) is 21.4 Å². The van der Waals surface area contributed by atoms with Crippen LogP contribution in [0.5, 0.6) is 0 Å². The molecular weight excluding hydrogens is 314 g/mol. The first-order valence-electron chi connectivity index (χ1n) is 7.57. The highest BCUT2D eigenvalue weighted by molar-refractivity contribution is 7.87. The van der Waals surface area contributed by atoms with Gasteiger partial charge in [0, 0.05) is 31.6 Å². The van der Waals surface area contributed by atoms with E-state index in [9.17, 15) is 8.42 Å². The van der Waals surface area contributed by atoms with E-state index in [1.165, 1.54) is 24.0 Å². The van der Waals surface area contributed by atoms with Crippen LogP contribution in [-0.4, -0.2) is 51.1 Å². The molecule has 1 aliphatic heterocycles. The van der Waals surface area contributed by atoms with Gasteiger partial charge in [0.25, 0.3) is 10.2 Å². The lowest BCUT2D eigenvalue weighted by Crippen LogP contribution is -2.45. The highest BCUT2D eigenvalue weighted by Crippen LogP contribution is 2.24. The van der Waals surface area contributed by atoms with Crippen LogP contribution in [0, 0.1) is 5.92 Å². The van der Waals surface area contributed by atoms with Crippen molar-refractivity contribution in [1.29, 1.82) is 0 Å². The zero-order valence-corrected chi connectivity index (χ0v) is 14.1. The number of hydrogen-bond acceptors (Lipinski definition) is 4. The van der Waals surface area contributed by atoms with Crippen molar-refractivity contribution in [3.05, 3.63) is 42.1 Å². The van der Waals surface area contributed by atoms with Gasteiger partial charge >= 0.3 is 0 Å². The number of hydrogen-bond donors (Lipinski definition) is 1. The number of para-hydroxylation sites is 1. The van der Waals surface area contributed by atoms with E-state index in [4.69, 9.17) is 4.74 Å². The van der Waals surface area contributed by atoms with Gasteiger partial charge in [-0.2, -0.15) is 17.4 Å². The van der Waals surface area contributed by atoms with Gasteiger partial charge in [-0.3, -0.25) is 4.98 Å². The molecule has 1 aliphatic rings. The number of nitrogens with one attached hydrogen (secondary N) is 1. The van der Waals surface area contributed by atoms with Crippen molar-refractivity contribution in [1.82, 2.24) is 14.0 Å². The number of rotatable bonds is 5. The fourth-order valence-electron chi connectivity index (χ4n) is 2.84. The summed E-state index contributed by atoms with van der Waals surface area (Å²) in [6.45, 7) is 0.956. The SMILES string of the molecule is CN(C)S(=O)(=O)N[C@H]1COC[C@H]1Cc1ccnc2ccccc12. The topological polar surface area (TPSA) is 71.5 Å². The van der Waals surface area contributed by atoms with E-state index in [0.717, 1.165) is 17.3 Å².